The molecule has 2 aromatic heterocycles. The summed E-state index contributed by atoms with van der Waals surface area (Å²) < 4.78 is 31.6. The van der Waals surface area contributed by atoms with E-state index >= 15 is 0 Å². The lowest BCUT2D eigenvalue weighted by molar-refractivity contribution is -0.122. The largest absolute Gasteiger partial charge is 0.345 e. The third kappa shape index (κ3) is 4.88. The maximum atomic E-state index is 12.9. The molecular formula is C20H24N4O4S2. The lowest BCUT2D eigenvalue weighted by Gasteiger charge is -2.31. The van der Waals surface area contributed by atoms with Gasteiger partial charge in [-0.3, -0.25) is 9.10 Å². The molecule has 2 heterocycles. The lowest BCUT2D eigenvalue weighted by atomic mass is 10.1. The Bertz CT molecular complexity index is 1120. The van der Waals surface area contributed by atoms with Crippen LogP contribution in [0, 0.1) is 13.8 Å². The van der Waals surface area contributed by atoms with E-state index in [0.717, 1.165) is 22.3 Å². The first-order chi connectivity index (χ1) is 14.2. The molecule has 0 unspecified atom stereocenters. The summed E-state index contributed by atoms with van der Waals surface area (Å²) in [7, 11) is -3.70. The molecule has 1 atom stereocenters. The molecule has 30 heavy (non-hydrogen) atoms. The number of nitrogens with zero attached hydrogens (tertiary/aromatic N) is 3. The SMILES string of the molecule is CC[C@H](C(=O)NCc1nc(-c2cccs2)no1)N(c1cc(C)ccc1C)S(C)(=O)=O. The van der Waals surface area contributed by atoms with Gasteiger partial charge in [-0.05, 0) is 48.9 Å². The summed E-state index contributed by atoms with van der Waals surface area (Å²) in [6.45, 7) is 5.49. The van der Waals surface area contributed by atoms with E-state index in [1.165, 1.54) is 15.6 Å². The number of rotatable bonds is 8. The first-order valence-electron chi connectivity index (χ1n) is 9.41. The number of sulfonamides is 1. The zero-order valence-corrected chi connectivity index (χ0v) is 18.9. The highest BCUT2D eigenvalue weighted by molar-refractivity contribution is 7.92. The van der Waals surface area contributed by atoms with Gasteiger partial charge in [-0.25, -0.2) is 8.42 Å². The molecule has 160 valence electrons. The monoisotopic (exact) mass is 448 g/mol. The molecule has 0 fully saturated rings. The van der Waals surface area contributed by atoms with Crippen LogP contribution < -0.4 is 9.62 Å². The third-order valence-electron chi connectivity index (χ3n) is 4.56. The minimum absolute atomic E-state index is 0.0120. The van der Waals surface area contributed by atoms with Gasteiger partial charge in [0.15, 0.2) is 0 Å². The van der Waals surface area contributed by atoms with Crippen molar-refractivity contribution >= 4 is 33.0 Å². The molecule has 8 nitrogen and oxygen atoms in total. The van der Waals surface area contributed by atoms with Crippen LogP contribution in [0.4, 0.5) is 5.69 Å². The second-order valence-electron chi connectivity index (χ2n) is 6.98. The molecule has 1 aromatic carbocycles. The quantitative estimate of drug-likeness (QED) is 0.567. The molecule has 0 aliphatic heterocycles. The molecular weight excluding hydrogens is 424 g/mol. The van der Waals surface area contributed by atoms with Gasteiger partial charge in [0.1, 0.15) is 6.04 Å². The lowest BCUT2D eigenvalue weighted by Crippen LogP contribution is -2.49. The van der Waals surface area contributed by atoms with Crippen molar-refractivity contribution in [2.45, 2.75) is 39.8 Å². The number of hydrogen-bond acceptors (Lipinski definition) is 7. The molecule has 0 spiro atoms. The van der Waals surface area contributed by atoms with Gasteiger partial charge in [0.2, 0.25) is 27.6 Å². The van der Waals surface area contributed by atoms with Gasteiger partial charge in [0.25, 0.3) is 0 Å². The smallest absolute Gasteiger partial charge is 0.246 e. The number of benzene rings is 1. The highest BCUT2D eigenvalue weighted by Crippen LogP contribution is 2.27. The second-order valence-corrected chi connectivity index (χ2v) is 9.79. The number of aryl methyl sites for hydroxylation is 2. The van der Waals surface area contributed by atoms with Gasteiger partial charge in [0.05, 0.1) is 23.4 Å². The predicted octanol–water partition coefficient (Wildman–Crippen LogP) is 3.28. The van der Waals surface area contributed by atoms with Gasteiger partial charge < -0.3 is 9.84 Å². The number of anilines is 1. The molecule has 3 aromatic rings. The highest BCUT2D eigenvalue weighted by atomic mass is 32.2. The standard InChI is InChI=1S/C20H24N4O4S2/c1-5-15(24(30(4,26)27)16-11-13(2)8-9-14(16)3)20(25)21-12-18-22-19(23-28-18)17-7-6-10-29-17/h6-11,15H,5,12H2,1-4H3,(H,21,25)/t15-/m1/s1. The molecule has 0 aliphatic carbocycles. The average Bonchev–Trinajstić information content (AvgIpc) is 3.37. The number of carbonyl (C=O) groups is 1. The van der Waals surface area contributed by atoms with Crippen LogP contribution in [0.3, 0.4) is 0 Å². The van der Waals surface area contributed by atoms with Crippen LogP contribution in [0.2, 0.25) is 0 Å². The van der Waals surface area contributed by atoms with Gasteiger partial charge in [0, 0.05) is 0 Å². The Kier molecular flexibility index (Phi) is 6.57. The molecule has 0 aliphatic rings. The van der Waals surface area contributed by atoms with Crippen LogP contribution in [0.5, 0.6) is 0 Å². The van der Waals surface area contributed by atoms with Crippen molar-refractivity contribution in [3.05, 3.63) is 52.7 Å². The van der Waals surface area contributed by atoms with Gasteiger partial charge in [-0.1, -0.05) is 30.3 Å². The highest BCUT2D eigenvalue weighted by Gasteiger charge is 2.32. The van der Waals surface area contributed by atoms with Crippen molar-refractivity contribution in [1.29, 1.82) is 0 Å². The van der Waals surface area contributed by atoms with Crippen LogP contribution in [0.15, 0.2) is 40.2 Å². The van der Waals surface area contributed by atoms with Crippen LogP contribution in [-0.2, 0) is 21.4 Å². The van der Waals surface area contributed by atoms with Crippen molar-refractivity contribution in [2.75, 3.05) is 10.6 Å². The zero-order chi connectivity index (χ0) is 21.9. The Hall–Kier alpha value is -2.72. The van der Waals surface area contributed by atoms with Crippen LogP contribution >= 0.6 is 11.3 Å². The van der Waals surface area contributed by atoms with E-state index in [2.05, 4.69) is 15.5 Å². The average molecular weight is 449 g/mol. The summed E-state index contributed by atoms with van der Waals surface area (Å²) in [5, 5.41) is 8.55. The molecule has 1 amide bonds. The number of aromatic nitrogens is 2. The normalized spacial score (nSPS) is 12.5. The van der Waals surface area contributed by atoms with Crippen molar-refractivity contribution < 1.29 is 17.7 Å². The van der Waals surface area contributed by atoms with Gasteiger partial charge in [-0.15, -0.1) is 11.3 Å². The molecule has 0 saturated heterocycles. The summed E-state index contributed by atoms with van der Waals surface area (Å²) in [5.74, 6) is 0.272. The Balaban J connectivity index is 1.80. The van der Waals surface area contributed by atoms with Crippen molar-refractivity contribution in [2.24, 2.45) is 0 Å². The number of amides is 1. The molecule has 3 rings (SSSR count). The first-order valence-corrected chi connectivity index (χ1v) is 12.1. The van der Waals surface area contributed by atoms with Crippen LogP contribution in [0.1, 0.15) is 30.4 Å². The van der Waals surface area contributed by atoms with Crippen molar-refractivity contribution in [1.82, 2.24) is 15.5 Å². The molecule has 0 saturated carbocycles. The third-order valence-corrected chi connectivity index (χ3v) is 6.59. The maximum absolute atomic E-state index is 12.9. The van der Waals surface area contributed by atoms with Crippen molar-refractivity contribution in [3.63, 3.8) is 0 Å². The van der Waals surface area contributed by atoms with E-state index < -0.39 is 22.0 Å². The van der Waals surface area contributed by atoms with Crippen molar-refractivity contribution in [3.8, 4) is 10.7 Å². The number of thiophene rings is 1. The van der Waals surface area contributed by atoms with Gasteiger partial charge >= 0.3 is 0 Å². The van der Waals surface area contributed by atoms with Crippen LogP contribution in [-0.4, -0.2) is 36.8 Å². The van der Waals surface area contributed by atoms with E-state index in [0.29, 0.717) is 17.9 Å². The summed E-state index contributed by atoms with van der Waals surface area (Å²) >= 11 is 1.48. The number of nitrogens with one attached hydrogen (secondary N) is 1. The molecule has 0 bridgehead atoms. The molecule has 0 radical (unpaired) electrons. The minimum Gasteiger partial charge on any atom is -0.345 e. The fraction of sp³-hybridized carbons (Fsp3) is 0.350. The van der Waals surface area contributed by atoms with E-state index in [1.54, 1.807) is 13.0 Å². The number of hydrogen-bond donors (Lipinski definition) is 1. The van der Waals surface area contributed by atoms with E-state index in [9.17, 15) is 13.2 Å². The molecule has 10 heteroatoms. The first kappa shape index (κ1) is 22.0. The summed E-state index contributed by atoms with van der Waals surface area (Å²) in [5.41, 5.74) is 2.18. The summed E-state index contributed by atoms with van der Waals surface area (Å²) in [6, 6.07) is 8.38. The summed E-state index contributed by atoms with van der Waals surface area (Å²) in [6.07, 6.45) is 1.41. The van der Waals surface area contributed by atoms with E-state index in [-0.39, 0.29) is 12.4 Å². The fourth-order valence-electron chi connectivity index (χ4n) is 3.11. The topological polar surface area (TPSA) is 105 Å². The number of carbonyl (C=O) groups excluding carboxylic acids is 1. The zero-order valence-electron chi connectivity index (χ0n) is 17.2. The Morgan fingerprint density at radius 3 is 2.70 bits per heavy atom. The van der Waals surface area contributed by atoms with Crippen LogP contribution in [0.25, 0.3) is 10.7 Å². The molecule has 1 N–H and O–H groups in total. The Morgan fingerprint density at radius 2 is 2.07 bits per heavy atom. The fourth-order valence-corrected chi connectivity index (χ4v) is 5.02. The minimum atomic E-state index is -3.70. The van der Waals surface area contributed by atoms with E-state index in [4.69, 9.17) is 4.52 Å². The van der Waals surface area contributed by atoms with Gasteiger partial charge in [-0.2, -0.15) is 4.98 Å². The second kappa shape index (κ2) is 8.97. The predicted molar refractivity (Wildman–Crippen MR) is 117 cm³/mol. The van der Waals surface area contributed by atoms with E-state index in [1.807, 2.05) is 43.5 Å². The summed E-state index contributed by atoms with van der Waals surface area (Å²) in [4.78, 5) is 18.1. The maximum Gasteiger partial charge on any atom is 0.246 e. The Labute approximate surface area is 180 Å². The Morgan fingerprint density at radius 1 is 1.30 bits per heavy atom.